The van der Waals surface area contributed by atoms with E-state index in [1.54, 1.807) is 19.2 Å². The molecule has 4 nitrogen and oxygen atoms in total. The molecule has 0 radical (unpaired) electrons. The van der Waals surface area contributed by atoms with Gasteiger partial charge in [0.25, 0.3) is 10.0 Å². The maximum absolute atomic E-state index is 13.1. The maximum atomic E-state index is 13.1. The van der Waals surface area contributed by atoms with Gasteiger partial charge in [-0.15, -0.1) is 0 Å². The quantitative estimate of drug-likeness (QED) is 0.890. The number of benzene rings is 2. The van der Waals surface area contributed by atoms with Gasteiger partial charge in [0.1, 0.15) is 5.82 Å². The summed E-state index contributed by atoms with van der Waals surface area (Å²) in [4.78, 5) is 0.148. The molecule has 2 rings (SSSR count). The van der Waals surface area contributed by atoms with E-state index in [2.05, 4.69) is 10.0 Å². The Hall–Kier alpha value is -1.92. The lowest BCUT2D eigenvalue weighted by Crippen LogP contribution is -2.14. The van der Waals surface area contributed by atoms with Gasteiger partial charge in [-0.05, 0) is 42.9 Å². The summed E-state index contributed by atoms with van der Waals surface area (Å²) in [6, 6.07) is 11.9. The van der Waals surface area contributed by atoms with Gasteiger partial charge in [-0.1, -0.05) is 18.2 Å². The van der Waals surface area contributed by atoms with Crippen LogP contribution in [0.5, 0.6) is 0 Å². The average Bonchev–Trinajstić information content (AvgIpc) is 2.39. The molecule has 0 aromatic heterocycles. The summed E-state index contributed by atoms with van der Waals surface area (Å²) in [6.45, 7) is 0.573. The second kappa shape index (κ2) is 6.02. The molecular weight excluding hydrogens is 279 g/mol. The van der Waals surface area contributed by atoms with Crippen molar-refractivity contribution in [2.45, 2.75) is 11.4 Å². The van der Waals surface area contributed by atoms with Gasteiger partial charge in [0.15, 0.2) is 0 Å². The maximum Gasteiger partial charge on any atom is 0.261 e. The fraction of sp³-hybridized carbons (Fsp3) is 0.143. The standard InChI is InChI=1S/C14H15FN2O2S/c1-16-10-11-4-2-7-14(8-11)20(18,19)17-13-6-3-5-12(15)9-13/h2-9,16-17H,10H2,1H3. The highest BCUT2D eigenvalue weighted by molar-refractivity contribution is 7.92. The van der Waals surface area contributed by atoms with Crippen LogP contribution in [0.2, 0.25) is 0 Å². The second-order valence-corrected chi connectivity index (χ2v) is 5.98. The first-order chi connectivity index (χ1) is 9.51. The summed E-state index contributed by atoms with van der Waals surface area (Å²) in [5.41, 5.74) is 1.05. The zero-order valence-electron chi connectivity index (χ0n) is 10.9. The van der Waals surface area contributed by atoms with Crippen LogP contribution in [-0.2, 0) is 16.6 Å². The Labute approximate surface area is 117 Å². The molecule has 0 aliphatic rings. The van der Waals surface area contributed by atoms with Gasteiger partial charge in [-0.25, -0.2) is 12.8 Å². The normalized spacial score (nSPS) is 11.3. The number of rotatable bonds is 5. The fourth-order valence-electron chi connectivity index (χ4n) is 1.79. The molecule has 0 heterocycles. The second-order valence-electron chi connectivity index (χ2n) is 4.29. The van der Waals surface area contributed by atoms with E-state index in [4.69, 9.17) is 0 Å². The van der Waals surface area contributed by atoms with Gasteiger partial charge in [0, 0.05) is 6.54 Å². The molecule has 0 spiro atoms. The Morgan fingerprint density at radius 2 is 1.85 bits per heavy atom. The number of nitrogens with one attached hydrogen (secondary N) is 2. The first kappa shape index (κ1) is 14.5. The summed E-state index contributed by atoms with van der Waals surface area (Å²) in [6.07, 6.45) is 0. The predicted octanol–water partition coefficient (Wildman–Crippen LogP) is 2.35. The number of hydrogen-bond donors (Lipinski definition) is 2. The minimum absolute atomic E-state index is 0.148. The minimum Gasteiger partial charge on any atom is -0.316 e. The van der Waals surface area contributed by atoms with Crippen LogP contribution < -0.4 is 10.0 Å². The summed E-state index contributed by atoms with van der Waals surface area (Å²) in [7, 11) is -1.93. The highest BCUT2D eigenvalue weighted by Crippen LogP contribution is 2.17. The van der Waals surface area contributed by atoms with Crippen LogP contribution in [0.15, 0.2) is 53.4 Å². The lowest BCUT2D eigenvalue weighted by molar-refractivity contribution is 0.601. The number of anilines is 1. The monoisotopic (exact) mass is 294 g/mol. The molecule has 0 amide bonds. The van der Waals surface area contributed by atoms with Gasteiger partial charge in [-0.3, -0.25) is 4.72 Å². The van der Waals surface area contributed by atoms with Gasteiger partial charge in [-0.2, -0.15) is 0 Å². The van der Waals surface area contributed by atoms with Crippen LogP contribution >= 0.6 is 0 Å². The molecule has 106 valence electrons. The van der Waals surface area contributed by atoms with Crippen molar-refractivity contribution in [3.63, 3.8) is 0 Å². The molecule has 2 N–H and O–H groups in total. The Bertz CT molecular complexity index is 702. The first-order valence-corrected chi connectivity index (χ1v) is 7.51. The van der Waals surface area contributed by atoms with E-state index in [0.29, 0.717) is 6.54 Å². The van der Waals surface area contributed by atoms with Crippen LogP contribution in [0, 0.1) is 5.82 Å². The Morgan fingerprint density at radius 1 is 1.10 bits per heavy atom. The van der Waals surface area contributed by atoms with Crippen molar-refractivity contribution in [2.75, 3.05) is 11.8 Å². The largest absolute Gasteiger partial charge is 0.316 e. The van der Waals surface area contributed by atoms with Crippen LogP contribution in [0.3, 0.4) is 0 Å². The first-order valence-electron chi connectivity index (χ1n) is 6.03. The Kier molecular flexibility index (Phi) is 4.36. The van der Waals surface area contributed by atoms with Crippen molar-refractivity contribution >= 4 is 15.7 Å². The lowest BCUT2D eigenvalue weighted by Gasteiger charge is -2.09. The SMILES string of the molecule is CNCc1cccc(S(=O)(=O)Nc2cccc(F)c2)c1. The molecule has 0 saturated carbocycles. The van der Waals surface area contributed by atoms with Crippen molar-refractivity contribution in [3.05, 3.63) is 59.9 Å². The van der Waals surface area contributed by atoms with E-state index in [0.717, 1.165) is 11.6 Å². The third-order valence-electron chi connectivity index (χ3n) is 2.67. The van der Waals surface area contributed by atoms with Gasteiger partial charge >= 0.3 is 0 Å². The topological polar surface area (TPSA) is 58.2 Å². The average molecular weight is 294 g/mol. The summed E-state index contributed by atoms with van der Waals surface area (Å²) in [5.74, 6) is -0.492. The van der Waals surface area contributed by atoms with Crippen molar-refractivity contribution in [2.24, 2.45) is 0 Å². The number of hydrogen-bond acceptors (Lipinski definition) is 3. The van der Waals surface area contributed by atoms with E-state index in [-0.39, 0.29) is 10.6 Å². The molecule has 0 aliphatic heterocycles. The van der Waals surface area contributed by atoms with E-state index in [1.807, 2.05) is 6.07 Å². The van der Waals surface area contributed by atoms with Crippen LogP contribution in [0.1, 0.15) is 5.56 Å². The van der Waals surface area contributed by atoms with Crippen molar-refractivity contribution < 1.29 is 12.8 Å². The predicted molar refractivity (Wildman–Crippen MR) is 76.4 cm³/mol. The summed E-state index contributed by atoms with van der Waals surface area (Å²) >= 11 is 0. The molecule has 0 bridgehead atoms. The van der Waals surface area contributed by atoms with Gasteiger partial charge < -0.3 is 5.32 Å². The minimum atomic E-state index is -3.72. The van der Waals surface area contributed by atoms with E-state index in [1.165, 1.54) is 24.3 Å². The highest BCUT2D eigenvalue weighted by atomic mass is 32.2. The van der Waals surface area contributed by atoms with Crippen molar-refractivity contribution in [1.82, 2.24) is 5.32 Å². The zero-order valence-corrected chi connectivity index (χ0v) is 11.7. The fourth-order valence-corrected chi connectivity index (χ4v) is 2.91. The molecule has 0 atom stereocenters. The zero-order chi connectivity index (χ0) is 14.6. The Morgan fingerprint density at radius 3 is 2.55 bits per heavy atom. The van der Waals surface area contributed by atoms with Crippen LogP contribution in [-0.4, -0.2) is 15.5 Å². The van der Waals surface area contributed by atoms with Gasteiger partial charge in [0.2, 0.25) is 0 Å². The summed E-state index contributed by atoms with van der Waals surface area (Å²) in [5, 5.41) is 2.96. The van der Waals surface area contributed by atoms with E-state index >= 15 is 0 Å². The smallest absolute Gasteiger partial charge is 0.261 e. The summed E-state index contributed by atoms with van der Waals surface area (Å²) < 4.78 is 39.9. The molecule has 2 aromatic rings. The molecule has 0 saturated heterocycles. The van der Waals surface area contributed by atoms with E-state index in [9.17, 15) is 12.8 Å². The molecule has 0 fully saturated rings. The third-order valence-corrected chi connectivity index (χ3v) is 4.05. The molecule has 2 aromatic carbocycles. The molecule has 0 aliphatic carbocycles. The molecule has 0 unspecified atom stereocenters. The highest BCUT2D eigenvalue weighted by Gasteiger charge is 2.14. The van der Waals surface area contributed by atoms with Gasteiger partial charge in [0.05, 0.1) is 10.6 Å². The number of sulfonamides is 1. The number of halogens is 1. The van der Waals surface area contributed by atoms with Crippen molar-refractivity contribution in [1.29, 1.82) is 0 Å². The van der Waals surface area contributed by atoms with Crippen molar-refractivity contribution in [3.8, 4) is 0 Å². The molecule has 20 heavy (non-hydrogen) atoms. The Balaban J connectivity index is 2.28. The lowest BCUT2D eigenvalue weighted by atomic mass is 10.2. The third kappa shape index (κ3) is 3.55. The molecular formula is C14H15FN2O2S. The molecule has 6 heteroatoms. The van der Waals surface area contributed by atoms with E-state index < -0.39 is 15.8 Å². The van der Waals surface area contributed by atoms with Crippen LogP contribution in [0.25, 0.3) is 0 Å². The van der Waals surface area contributed by atoms with Crippen LogP contribution in [0.4, 0.5) is 10.1 Å².